The van der Waals surface area contributed by atoms with E-state index in [1.165, 1.54) is 5.56 Å². The lowest BCUT2D eigenvalue weighted by atomic mass is 9.93. The van der Waals surface area contributed by atoms with Gasteiger partial charge in [0.25, 0.3) is 0 Å². The van der Waals surface area contributed by atoms with Gasteiger partial charge in [0.1, 0.15) is 0 Å². The predicted octanol–water partition coefficient (Wildman–Crippen LogP) is 2.67. The summed E-state index contributed by atoms with van der Waals surface area (Å²) in [5.74, 6) is 0.460. The number of ether oxygens (including phenoxy) is 1. The largest absolute Gasteiger partial charge is 0.372 e. The van der Waals surface area contributed by atoms with Gasteiger partial charge in [-0.1, -0.05) is 26.0 Å². The SMILES string of the molecule is CC(C)c1ccn(-c2ccc(C[C@@]34CN[C@@H](CO3)C4)cc2)n1. The number of fused-ring (bicyclic) bond motifs is 2. The molecule has 2 saturated heterocycles. The average Bonchev–Trinajstić information content (AvgIpc) is 3.23. The summed E-state index contributed by atoms with van der Waals surface area (Å²) in [6.07, 6.45) is 4.17. The fourth-order valence-corrected chi connectivity index (χ4v) is 3.54. The molecule has 2 aliphatic rings. The van der Waals surface area contributed by atoms with Gasteiger partial charge in [0, 0.05) is 25.2 Å². The zero-order valence-electron chi connectivity index (χ0n) is 13.2. The molecule has 2 aromatic rings. The van der Waals surface area contributed by atoms with E-state index in [9.17, 15) is 0 Å². The van der Waals surface area contributed by atoms with Crippen LogP contribution in [0.1, 0.15) is 37.4 Å². The molecule has 2 atom stereocenters. The zero-order chi connectivity index (χ0) is 15.2. The van der Waals surface area contributed by atoms with Crippen LogP contribution in [0.2, 0.25) is 0 Å². The Labute approximate surface area is 131 Å². The van der Waals surface area contributed by atoms with Gasteiger partial charge in [0.15, 0.2) is 0 Å². The van der Waals surface area contributed by atoms with Crippen LogP contribution in [0.15, 0.2) is 36.5 Å². The fourth-order valence-electron chi connectivity index (χ4n) is 3.54. The van der Waals surface area contributed by atoms with Crippen LogP contribution in [0, 0.1) is 0 Å². The van der Waals surface area contributed by atoms with Gasteiger partial charge >= 0.3 is 0 Å². The Morgan fingerprint density at radius 3 is 2.68 bits per heavy atom. The Kier molecular flexibility index (Phi) is 3.31. The second kappa shape index (κ2) is 5.21. The minimum atomic E-state index is 0.0305. The summed E-state index contributed by atoms with van der Waals surface area (Å²) < 4.78 is 7.96. The first-order chi connectivity index (χ1) is 10.6. The van der Waals surface area contributed by atoms with E-state index in [2.05, 4.69) is 54.6 Å². The lowest BCUT2D eigenvalue weighted by Gasteiger charge is -2.26. The van der Waals surface area contributed by atoms with Crippen molar-refractivity contribution in [1.29, 1.82) is 0 Å². The molecule has 1 N–H and O–H groups in total. The van der Waals surface area contributed by atoms with E-state index in [0.29, 0.717) is 12.0 Å². The van der Waals surface area contributed by atoms with Crippen LogP contribution >= 0.6 is 0 Å². The minimum Gasteiger partial charge on any atom is -0.372 e. The molecule has 1 aromatic carbocycles. The standard InChI is InChI=1S/C18H23N3O/c1-13(2)17-7-8-21(20-17)16-5-3-14(4-6-16)9-18-10-15(11-22-18)19-12-18/h3-8,13,15,19H,9-12H2,1-2H3/t15-,18-/m1/s1. The number of nitrogens with one attached hydrogen (secondary N) is 1. The maximum atomic E-state index is 6.01. The molecule has 1 aromatic heterocycles. The molecule has 0 aliphatic carbocycles. The Bertz CT molecular complexity index is 651. The normalized spacial score (nSPS) is 27.0. The molecule has 2 aliphatic heterocycles. The summed E-state index contributed by atoms with van der Waals surface area (Å²) in [5.41, 5.74) is 3.61. The fraction of sp³-hybridized carbons (Fsp3) is 0.500. The van der Waals surface area contributed by atoms with Gasteiger partial charge < -0.3 is 10.1 Å². The highest BCUT2D eigenvalue weighted by Gasteiger charge is 2.45. The highest BCUT2D eigenvalue weighted by molar-refractivity contribution is 5.35. The maximum Gasteiger partial charge on any atom is 0.0862 e. The van der Waals surface area contributed by atoms with Crippen LogP contribution in [-0.2, 0) is 11.2 Å². The van der Waals surface area contributed by atoms with Crippen LogP contribution in [0.25, 0.3) is 5.69 Å². The third-order valence-corrected chi connectivity index (χ3v) is 4.85. The first-order valence-corrected chi connectivity index (χ1v) is 8.16. The summed E-state index contributed by atoms with van der Waals surface area (Å²) >= 11 is 0. The molecule has 4 heteroatoms. The number of morpholine rings is 1. The van der Waals surface area contributed by atoms with Crippen LogP contribution in [0.4, 0.5) is 0 Å². The van der Waals surface area contributed by atoms with Gasteiger partial charge in [0.05, 0.1) is 23.6 Å². The molecule has 0 unspecified atom stereocenters. The van der Waals surface area contributed by atoms with Crippen molar-refractivity contribution in [2.24, 2.45) is 0 Å². The molecule has 4 nitrogen and oxygen atoms in total. The summed E-state index contributed by atoms with van der Waals surface area (Å²) in [6, 6.07) is 11.4. The first-order valence-electron chi connectivity index (χ1n) is 8.16. The van der Waals surface area contributed by atoms with Crippen molar-refractivity contribution in [2.45, 2.75) is 44.2 Å². The van der Waals surface area contributed by atoms with Gasteiger partial charge in [-0.3, -0.25) is 0 Å². The second-order valence-corrected chi connectivity index (χ2v) is 6.96. The second-order valence-electron chi connectivity index (χ2n) is 6.96. The Morgan fingerprint density at radius 2 is 2.14 bits per heavy atom. The molecule has 116 valence electrons. The Hall–Kier alpha value is -1.65. The molecule has 0 amide bonds. The van der Waals surface area contributed by atoms with Gasteiger partial charge in [0.2, 0.25) is 0 Å². The number of benzene rings is 1. The number of nitrogens with zero attached hydrogens (tertiary/aromatic N) is 2. The molecular weight excluding hydrogens is 274 g/mol. The molecular formula is C18H23N3O. The van der Waals surface area contributed by atoms with E-state index in [4.69, 9.17) is 4.74 Å². The van der Waals surface area contributed by atoms with Crippen molar-refractivity contribution in [1.82, 2.24) is 15.1 Å². The number of hydrogen-bond acceptors (Lipinski definition) is 3. The van der Waals surface area contributed by atoms with E-state index in [1.807, 2.05) is 10.9 Å². The summed E-state index contributed by atoms with van der Waals surface area (Å²) in [7, 11) is 0. The summed E-state index contributed by atoms with van der Waals surface area (Å²) in [6.45, 7) is 6.18. The third kappa shape index (κ3) is 2.46. The van der Waals surface area contributed by atoms with Crippen molar-refractivity contribution < 1.29 is 4.74 Å². The lowest BCUT2D eigenvalue weighted by Crippen LogP contribution is -2.40. The first kappa shape index (κ1) is 14.0. The summed E-state index contributed by atoms with van der Waals surface area (Å²) in [5, 5.41) is 8.16. The van der Waals surface area contributed by atoms with E-state index in [-0.39, 0.29) is 5.60 Å². The molecule has 3 heterocycles. The Morgan fingerprint density at radius 1 is 1.32 bits per heavy atom. The van der Waals surface area contributed by atoms with Gasteiger partial charge in [-0.2, -0.15) is 5.10 Å². The van der Waals surface area contributed by atoms with E-state index in [1.54, 1.807) is 0 Å². The molecule has 0 spiro atoms. The van der Waals surface area contributed by atoms with Crippen molar-refractivity contribution in [3.63, 3.8) is 0 Å². The molecule has 2 bridgehead atoms. The Balaban J connectivity index is 1.50. The number of aromatic nitrogens is 2. The van der Waals surface area contributed by atoms with Crippen LogP contribution in [0.5, 0.6) is 0 Å². The number of rotatable bonds is 4. The van der Waals surface area contributed by atoms with Crippen LogP contribution < -0.4 is 5.32 Å². The van der Waals surface area contributed by atoms with E-state index >= 15 is 0 Å². The maximum absolute atomic E-state index is 6.01. The molecule has 22 heavy (non-hydrogen) atoms. The third-order valence-electron chi connectivity index (χ3n) is 4.85. The molecule has 2 fully saturated rings. The quantitative estimate of drug-likeness (QED) is 0.943. The topological polar surface area (TPSA) is 39.1 Å². The monoisotopic (exact) mass is 297 g/mol. The highest BCUT2D eigenvalue weighted by Crippen LogP contribution is 2.34. The smallest absolute Gasteiger partial charge is 0.0862 e. The van der Waals surface area contributed by atoms with Crippen LogP contribution in [0.3, 0.4) is 0 Å². The van der Waals surface area contributed by atoms with Crippen molar-refractivity contribution in [3.8, 4) is 5.69 Å². The van der Waals surface area contributed by atoms with Crippen molar-refractivity contribution >= 4 is 0 Å². The summed E-state index contributed by atoms with van der Waals surface area (Å²) in [4.78, 5) is 0. The molecule has 0 saturated carbocycles. The average molecular weight is 297 g/mol. The van der Waals surface area contributed by atoms with Crippen LogP contribution in [-0.4, -0.2) is 34.6 Å². The van der Waals surface area contributed by atoms with Gasteiger partial charge in [-0.25, -0.2) is 4.68 Å². The van der Waals surface area contributed by atoms with E-state index < -0.39 is 0 Å². The molecule has 4 rings (SSSR count). The highest BCUT2D eigenvalue weighted by atomic mass is 16.5. The minimum absolute atomic E-state index is 0.0305. The van der Waals surface area contributed by atoms with E-state index in [0.717, 1.165) is 37.4 Å². The lowest BCUT2D eigenvalue weighted by molar-refractivity contribution is -0.00521. The van der Waals surface area contributed by atoms with Crippen molar-refractivity contribution in [2.75, 3.05) is 13.2 Å². The predicted molar refractivity (Wildman–Crippen MR) is 86.4 cm³/mol. The van der Waals surface area contributed by atoms with Gasteiger partial charge in [-0.15, -0.1) is 0 Å². The van der Waals surface area contributed by atoms with Gasteiger partial charge in [-0.05, 0) is 36.1 Å². The zero-order valence-corrected chi connectivity index (χ0v) is 13.2. The number of hydrogen-bond donors (Lipinski definition) is 1. The molecule has 0 radical (unpaired) electrons. The van der Waals surface area contributed by atoms with Crippen molar-refractivity contribution in [3.05, 3.63) is 47.8 Å².